The van der Waals surface area contributed by atoms with Gasteiger partial charge < -0.3 is 9.15 Å². The van der Waals surface area contributed by atoms with Crippen LogP contribution in [0.2, 0.25) is 5.02 Å². The molecular weight excluding hydrogens is 360 g/mol. The van der Waals surface area contributed by atoms with Crippen LogP contribution in [0.4, 0.5) is 0 Å². The second kappa shape index (κ2) is 5.94. The number of hydrogen-bond donors (Lipinski definition) is 0. The molecule has 21 heavy (non-hydrogen) atoms. The molecule has 5 nitrogen and oxygen atoms in total. The lowest BCUT2D eigenvalue weighted by atomic mass is 10.1. The summed E-state index contributed by atoms with van der Waals surface area (Å²) in [6.45, 7) is 2.06. The third kappa shape index (κ3) is 3.07. The van der Waals surface area contributed by atoms with Crippen molar-refractivity contribution in [3.8, 4) is 0 Å². The summed E-state index contributed by atoms with van der Waals surface area (Å²) in [6.07, 6.45) is 0.805. The van der Waals surface area contributed by atoms with Crippen molar-refractivity contribution in [3.63, 3.8) is 0 Å². The predicted octanol–water partition coefficient (Wildman–Crippen LogP) is 3.24. The molecule has 1 aliphatic rings. The lowest BCUT2D eigenvalue weighted by Gasteiger charge is -2.12. The van der Waals surface area contributed by atoms with E-state index in [1.165, 1.54) is 7.11 Å². The van der Waals surface area contributed by atoms with Gasteiger partial charge in [-0.1, -0.05) is 27.5 Å². The van der Waals surface area contributed by atoms with E-state index in [0.717, 1.165) is 23.0 Å². The van der Waals surface area contributed by atoms with Crippen molar-refractivity contribution in [2.24, 2.45) is 5.92 Å². The monoisotopic (exact) mass is 372 g/mol. The summed E-state index contributed by atoms with van der Waals surface area (Å²) in [4.78, 5) is 18.1. The van der Waals surface area contributed by atoms with Crippen molar-refractivity contribution < 1.29 is 13.9 Å². The molecule has 1 unspecified atom stereocenters. The summed E-state index contributed by atoms with van der Waals surface area (Å²) in [5.74, 6) is 0.398. The normalized spacial score (nSPS) is 19.3. The maximum absolute atomic E-state index is 11.5. The topological polar surface area (TPSA) is 55.6 Å². The molecule has 0 N–H and O–H groups in total. The fraction of sp³-hybridized carbons (Fsp3) is 0.429. The lowest BCUT2D eigenvalue weighted by Crippen LogP contribution is -2.23. The summed E-state index contributed by atoms with van der Waals surface area (Å²) < 4.78 is 11.4. The zero-order chi connectivity index (χ0) is 15.0. The molecule has 0 bridgehead atoms. The van der Waals surface area contributed by atoms with Crippen molar-refractivity contribution in [1.82, 2.24) is 9.88 Å². The molecule has 0 spiro atoms. The highest BCUT2D eigenvalue weighted by molar-refractivity contribution is 9.10. The molecule has 112 valence electrons. The van der Waals surface area contributed by atoms with E-state index in [0.29, 0.717) is 29.6 Å². The zero-order valence-corrected chi connectivity index (χ0v) is 13.8. The number of nitrogens with zero attached hydrogens (tertiary/aromatic N) is 2. The van der Waals surface area contributed by atoms with Crippen molar-refractivity contribution in [1.29, 1.82) is 0 Å². The second-order valence-corrected chi connectivity index (χ2v) is 6.41. The standard InChI is InChI=1S/C14H14BrClN2O3/c1-20-14(19)8-2-3-18(6-8)7-12-17-11-5-9(15)4-10(16)13(11)21-12/h4-5,8H,2-3,6-7H2,1H3. The second-order valence-electron chi connectivity index (χ2n) is 5.09. The van der Waals surface area contributed by atoms with Crippen molar-refractivity contribution >= 4 is 44.6 Å². The number of benzene rings is 1. The molecule has 1 saturated heterocycles. The first kappa shape index (κ1) is 14.8. The Hall–Kier alpha value is -1.11. The van der Waals surface area contributed by atoms with Crippen LogP contribution >= 0.6 is 27.5 Å². The molecule has 7 heteroatoms. The van der Waals surface area contributed by atoms with Gasteiger partial charge in [0.1, 0.15) is 5.52 Å². The highest BCUT2D eigenvalue weighted by Gasteiger charge is 2.29. The Morgan fingerprint density at radius 2 is 2.43 bits per heavy atom. The Morgan fingerprint density at radius 1 is 1.62 bits per heavy atom. The third-order valence-electron chi connectivity index (χ3n) is 3.62. The fourth-order valence-electron chi connectivity index (χ4n) is 2.60. The Bertz CT molecular complexity index is 688. The van der Waals surface area contributed by atoms with Crippen LogP contribution in [-0.2, 0) is 16.1 Å². The van der Waals surface area contributed by atoms with Crippen molar-refractivity contribution in [3.05, 3.63) is 27.5 Å². The van der Waals surface area contributed by atoms with Gasteiger partial charge in [0, 0.05) is 11.0 Å². The highest BCUT2D eigenvalue weighted by Crippen LogP contribution is 2.29. The number of carbonyl (C=O) groups excluding carboxylic acids is 1. The first-order valence-electron chi connectivity index (χ1n) is 6.61. The number of ether oxygens (including phenoxy) is 1. The average molecular weight is 374 g/mol. The molecule has 0 radical (unpaired) electrons. The van der Waals surface area contributed by atoms with Gasteiger partial charge in [-0.25, -0.2) is 4.98 Å². The van der Waals surface area contributed by atoms with Gasteiger partial charge in [-0.05, 0) is 25.1 Å². The predicted molar refractivity (Wildman–Crippen MR) is 82.1 cm³/mol. The van der Waals surface area contributed by atoms with Gasteiger partial charge in [0.25, 0.3) is 0 Å². The van der Waals surface area contributed by atoms with Crippen LogP contribution in [0.5, 0.6) is 0 Å². The van der Waals surface area contributed by atoms with E-state index in [1.807, 2.05) is 6.07 Å². The van der Waals surface area contributed by atoms with E-state index in [2.05, 4.69) is 25.8 Å². The molecule has 2 heterocycles. The largest absolute Gasteiger partial charge is 0.469 e. The molecule has 0 amide bonds. The van der Waals surface area contributed by atoms with Crippen LogP contribution in [0.15, 0.2) is 21.0 Å². The maximum Gasteiger partial charge on any atom is 0.310 e. The number of fused-ring (bicyclic) bond motifs is 1. The average Bonchev–Trinajstić information content (AvgIpc) is 3.05. The van der Waals surface area contributed by atoms with Crippen LogP contribution in [0.1, 0.15) is 12.3 Å². The quantitative estimate of drug-likeness (QED) is 0.773. The van der Waals surface area contributed by atoms with Crippen LogP contribution in [0, 0.1) is 5.92 Å². The van der Waals surface area contributed by atoms with Crippen LogP contribution < -0.4 is 0 Å². The minimum atomic E-state index is -0.151. The molecule has 1 aromatic carbocycles. The van der Waals surface area contributed by atoms with Crippen LogP contribution in [0.25, 0.3) is 11.1 Å². The lowest BCUT2D eigenvalue weighted by molar-refractivity contribution is -0.144. The van der Waals surface area contributed by atoms with Crippen molar-refractivity contribution in [2.45, 2.75) is 13.0 Å². The summed E-state index contributed by atoms with van der Waals surface area (Å²) in [6, 6.07) is 3.65. The molecule has 1 aliphatic heterocycles. The number of carbonyl (C=O) groups is 1. The van der Waals surface area contributed by atoms with E-state index in [-0.39, 0.29) is 11.9 Å². The van der Waals surface area contributed by atoms with Crippen LogP contribution in [-0.4, -0.2) is 36.1 Å². The minimum absolute atomic E-state index is 0.0582. The summed E-state index contributed by atoms with van der Waals surface area (Å²) in [5.41, 5.74) is 1.33. The van der Waals surface area contributed by atoms with Gasteiger partial charge in [0.2, 0.25) is 5.89 Å². The maximum atomic E-state index is 11.5. The van der Waals surface area contributed by atoms with Gasteiger partial charge in [0.15, 0.2) is 5.58 Å². The smallest absolute Gasteiger partial charge is 0.310 e. The Kier molecular flexibility index (Phi) is 4.19. The number of likely N-dealkylation sites (tertiary alicyclic amines) is 1. The molecule has 1 fully saturated rings. The molecule has 0 aliphatic carbocycles. The van der Waals surface area contributed by atoms with E-state index in [1.54, 1.807) is 6.07 Å². The first-order chi connectivity index (χ1) is 10.1. The van der Waals surface area contributed by atoms with Gasteiger partial charge in [-0.3, -0.25) is 9.69 Å². The third-order valence-corrected chi connectivity index (χ3v) is 4.36. The van der Waals surface area contributed by atoms with E-state index in [9.17, 15) is 4.79 Å². The summed E-state index contributed by atoms with van der Waals surface area (Å²) in [7, 11) is 1.42. The number of oxazole rings is 1. The minimum Gasteiger partial charge on any atom is -0.469 e. The summed E-state index contributed by atoms with van der Waals surface area (Å²) >= 11 is 9.52. The van der Waals surface area contributed by atoms with E-state index >= 15 is 0 Å². The molecule has 1 atom stereocenters. The highest BCUT2D eigenvalue weighted by atomic mass is 79.9. The zero-order valence-electron chi connectivity index (χ0n) is 11.4. The van der Waals surface area contributed by atoms with Gasteiger partial charge >= 0.3 is 5.97 Å². The van der Waals surface area contributed by atoms with E-state index in [4.69, 9.17) is 20.8 Å². The molecule has 0 saturated carbocycles. The summed E-state index contributed by atoms with van der Waals surface area (Å²) in [5, 5.41) is 0.534. The number of esters is 1. The van der Waals surface area contributed by atoms with Gasteiger partial charge in [-0.2, -0.15) is 0 Å². The Morgan fingerprint density at radius 3 is 3.19 bits per heavy atom. The number of rotatable bonds is 3. The van der Waals surface area contributed by atoms with E-state index < -0.39 is 0 Å². The Balaban J connectivity index is 1.74. The van der Waals surface area contributed by atoms with Gasteiger partial charge in [0.05, 0.1) is 24.6 Å². The molecule has 1 aromatic heterocycles. The number of methoxy groups -OCH3 is 1. The molecule has 3 rings (SSSR count). The SMILES string of the molecule is COC(=O)C1CCN(Cc2nc3cc(Br)cc(Cl)c3o2)C1. The van der Waals surface area contributed by atoms with Crippen LogP contribution in [0.3, 0.4) is 0 Å². The number of halogens is 2. The first-order valence-corrected chi connectivity index (χ1v) is 7.78. The fourth-order valence-corrected chi connectivity index (χ4v) is 3.43. The van der Waals surface area contributed by atoms with Gasteiger partial charge in [-0.15, -0.1) is 0 Å². The number of hydrogen-bond acceptors (Lipinski definition) is 5. The Labute approximate surface area is 135 Å². The molecule has 2 aromatic rings. The number of aromatic nitrogens is 1. The molecular formula is C14H14BrClN2O3. The van der Waals surface area contributed by atoms with Crippen molar-refractivity contribution in [2.75, 3.05) is 20.2 Å².